The molecular formula is C16H22N4O3. The van der Waals surface area contributed by atoms with Gasteiger partial charge in [0.25, 0.3) is 5.91 Å². The number of aromatic nitrogens is 2. The minimum absolute atomic E-state index is 0.157. The Hall–Kier alpha value is -2.18. The van der Waals surface area contributed by atoms with E-state index in [1.807, 2.05) is 6.92 Å². The normalized spacial score (nSPS) is 26.2. The number of H-pyrrole nitrogens is 1. The number of hydrogen-bond acceptors (Lipinski definition) is 4. The van der Waals surface area contributed by atoms with E-state index in [9.17, 15) is 14.4 Å². The van der Waals surface area contributed by atoms with Crippen LogP contribution in [0.15, 0.2) is 12.3 Å². The van der Waals surface area contributed by atoms with Gasteiger partial charge in [0, 0.05) is 13.2 Å². The lowest BCUT2D eigenvalue weighted by Crippen LogP contribution is -2.52. The molecular weight excluding hydrogens is 296 g/mol. The highest BCUT2D eigenvalue weighted by atomic mass is 16.2. The molecule has 0 radical (unpaired) electrons. The first-order valence-corrected chi connectivity index (χ1v) is 8.08. The SMILES string of the molecule is CN1C(=O)N(CC(=O)c2ccn[nH]2)C(=O)C1(C)C1CCCCC1. The molecule has 2 aliphatic rings. The fourth-order valence-electron chi connectivity index (χ4n) is 3.78. The molecule has 7 nitrogen and oxygen atoms in total. The van der Waals surface area contributed by atoms with Gasteiger partial charge in [0.05, 0.1) is 6.54 Å². The van der Waals surface area contributed by atoms with Gasteiger partial charge in [0.2, 0.25) is 0 Å². The number of ketones is 1. The smallest absolute Gasteiger partial charge is 0.313 e. The number of carbonyl (C=O) groups excluding carboxylic acids is 3. The van der Waals surface area contributed by atoms with Gasteiger partial charge in [-0.25, -0.2) is 4.79 Å². The Labute approximate surface area is 135 Å². The zero-order chi connectivity index (χ0) is 16.6. The third-order valence-corrected chi connectivity index (χ3v) is 5.40. The molecule has 1 aromatic heterocycles. The molecule has 124 valence electrons. The monoisotopic (exact) mass is 318 g/mol. The Morgan fingerprint density at radius 1 is 1.35 bits per heavy atom. The van der Waals surface area contributed by atoms with Crippen molar-refractivity contribution in [3.63, 3.8) is 0 Å². The van der Waals surface area contributed by atoms with Gasteiger partial charge in [-0.1, -0.05) is 19.3 Å². The van der Waals surface area contributed by atoms with Crippen LogP contribution in [0.1, 0.15) is 49.5 Å². The summed E-state index contributed by atoms with van der Waals surface area (Å²) >= 11 is 0. The van der Waals surface area contributed by atoms with E-state index in [1.54, 1.807) is 7.05 Å². The highest BCUT2D eigenvalue weighted by molar-refractivity contribution is 6.10. The molecule has 1 saturated carbocycles. The first-order valence-electron chi connectivity index (χ1n) is 8.08. The molecule has 0 bridgehead atoms. The molecule has 1 saturated heterocycles. The van der Waals surface area contributed by atoms with E-state index in [4.69, 9.17) is 0 Å². The lowest BCUT2D eigenvalue weighted by molar-refractivity contribution is -0.135. The summed E-state index contributed by atoms with van der Waals surface area (Å²) in [7, 11) is 1.66. The van der Waals surface area contributed by atoms with Gasteiger partial charge in [-0.2, -0.15) is 5.10 Å². The second-order valence-electron chi connectivity index (χ2n) is 6.61. The average molecular weight is 318 g/mol. The fourth-order valence-corrected chi connectivity index (χ4v) is 3.78. The quantitative estimate of drug-likeness (QED) is 0.678. The molecule has 0 spiro atoms. The molecule has 2 fully saturated rings. The average Bonchev–Trinajstić information content (AvgIpc) is 3.16. The predicted molar refractivity (Wildman–Crippen MR) is 82.8 cm³/mol. The molecule has 0 aromatic carbocycles. The number of nitrogens with zero attached hydrogens (tertiary/aromatic N) is 3. The van der Waals surface area contributed by atoms with Crippen LogP contribution in [0, 0.1) is 5.92 Å². The molecule has 2 heterocycles. The maximum Gasteiger partial charge on any atom is 0.327 e. The second kappa shape index (κ2) is 5.79. The molecule has 3 amide bonds. The number of likely N-dealkylation sites (N-methyl/N-ethyl adjacent to an activating group) is 1. The Kier molecular flexibility index (Phi) is 3.95. The lowest BCUT2D eigenvalue weighted by atomic mass is 9.75. The van der Waals surface area contributed by atoms with Crippen LogP contribution in [0.3, 0.4) is 0 Å². The largest absolute Gasteiger partial charge is 0.327 e. The number of hydrogen-bond donors (Lipinski definition) is 1. The summed E-state index contributed by atoms with van der Waals surface area (Å²) in [5, 5.41) is 6.30. The van der Waals surface area contributed by atoms with Crippen molar-refractivity contribution in [2.45, 2.75) is 44.6 Å². The van der Waals surface area contributed by atoms with Crippen molar-refractivity contribution >= 4 is 17.7 Å². The minimum atomic E-state index is -0.841. The summed E-state index contributed by atoms with van der Waals surface area (Å²) in [6.45, 7) is 1.59. The number of Topliss-reactive ketones (excluding diaryl/α,β-unsaturated/α-hetero) is 1. The maximum absolute atomic E-state index is 12.9. The summed E-state index contributed by atoms with van der Waals surface area (Å²) in [5.41, 5.74) is -0.536. The number of amides is 3. The van der Waals surface area contributed by atoms with Gasteiger partial charge in [-0.15, -0.1) is 0 Å². The number of urea groups is 1. The number of aromatic amines is 1. The van der Waals surface area contributed by atoms with Crippen LogP contribution < -0.4 is 0 Å². The highest BCUT2D eigenvalue weighted by Gasteiger charge is 2.56. The van der Waals surface area contributed by atoms with Crippen molar-refractivity contribution in [2.24, 2.45) is 5.92 Å². The van der Waals surface area contributed by atoms with E-state index < -0.39 is 11.6 Å². The van der Waals surface area contributed by atoms with Crippen LogP contribution in [0.5, 0.6) is 0 Å². The van der Waals surface area contributed by atoms with E-state index in [0.29, 0.717) is 5.69 Å². The van der Waals surface area contributed by atoms with E-state index >= 15 is 0 Å². The Morgan fingerprint density at radius 2 is 2.04 bits per heavy atom. The Bertz CT molecular complexity index is 621. The van der Waals surface area contributed by atoms with Gasteiger partial charge in [0.1, 0.15) is 11.2 Å². The van der Waals surface area contributed by atoms with Crippen molar-refractivity contribution in [2.75, 3.05) is 13.6 Å². The zero-order valence-corrected chi connectivity index (χ0v) is 13.5. The molecule has 1 unspecified atom stereocenters. The summed E-state index contributed by atoms with van der Waals surface area (Å²) in [5.74, 6) is -0.416. The van der Waals surface area contributed by atoms with Crippen LogP contribution in [0.2, 0.25) is 0 Å². The number of carbonyl (C=O) groups is 3. The fraction of sp³-hybridized carbons (Fsp3) is 0.625. The minimum Gasteiger partial charge on any atom is -0.313 e. The third kappa shape index (κ3) is 2.44. The third-order valence-electron chi connectivity index (χ3n) is 5.40. The van der Waals surface area contributed by atoms with E-state index in [0.717, 1.165) is 30.6 Å². The summed E-state index contributed by atoms with van der Waals surface area (Å²) < 4.78 is 0. The second-order valence-corrected chi connectivity index (χ2v) is 6.61. The summed E-state index contributed by atoms with van der Waals surface area (Å²) in [6, 6.07) is 1.15. The van der Waals surface area contributed by atoms with E-state index in [-0.39, 0.29) is 24.2 Å². The predicted octanol–water partition coefficient (Wildman–Crippen LogP) is 1.83. The highest BCUT2D eigenvalue weighted by Crippen LogP contribution is 2.40. The van der Waals surface area contributed by atoms with Crippen LogP contribution in [-0.4, -0.2) is 56.9 Å². The summed E-state index contributed by atoms with van der Waals surface area (Å²) in [4.78, 5) is 40.3. The molecule has 1 aliphatic heterocycles. The molecule has 23 heavy (non-hydrogen) atoms. The van der Waals surface area contributed by atoms with Gasteiger partial charge in [0.15, 0.2) is 5.78 Å². The van der Waals surface area contributed by atoms with Gasteiger partial charge in [-0.05, 0) is 31.7 Å². The topological polar surface area (TPSA) is 86.4 Å². The molecule has 1 aliphatic carbocycles. The molecule has 7 heteroatoms. The molecule has 1 atom stereocenters. The molecule has 1 N–H and O–H groups in total. The standard InChI is InChI=1S/C16H22N4O3/c1-16(11-6-4-3-5-7-11)14(22)20(15(23)19(16)2)10-13(21)12-8-9-17-18-12/h8-9,11H,3-7,10H2,1-2H3,(H,17,18). The van der Waals surface area contributed by atoms with Crippen molar-refractivity contribution in [1.82, 2.24) is 20.0 Å². The number of rotatable bonds is 4. The number of nitrogens with one attached hydrogen (secondary N) is 1. The van der Waals surface area contributed by atoms with Crippen molar-refractivity contribution in [3.8, 4) is 0 Å². The van der Waals surface area contributed by atoms with Crippen LogP contribution in [-0.2, 0) is 4.79 Å². The first kappa shape index (κ1) is 15.7. The molecule has 1 aromatic rings. The maximum atomic E-state index is 12.9. The lowest BCUT2D eigenvalue weighted by Gasteiger charge is -2.38. The van der Waals surface area contributed by atoms with Crippen molar-refractivity contribution in [1.29, 1.82) is 0 Å². The van der Waals surface area contributed by atoms with Crippen LogP contribution in [0.4, 0.5) is 4.79 Å². The Morgan fingerprint density at radius 3 is 2.65 bits per heavy atom. The molecule has 3 rings (SSSR count). The van der Waals surface area contributed by atoms with Gasteiger partial charge in [-0.3, -0.25) is 19.6 Å². The van der Waals surface area contributed by atoms with Crippen molar-refractivity contribution in [3.05, 3.63) is 18.0 Å². The number of imide groups is 1. The summed E-state index contributed by atoms with van der Waals surface area (Å²) in [6.07, 6.45) is 6.72. The zero-order valence-electron chi connectivity index (χ0n) is 13.5. The van der Waals surface area contributed by atoms with Crippen LogP contribution in [0.25, 0.3) is 0 Å². The van der Waals surface area contributed by atoms with Crippen molar-refractivity contribution < 1.29 is 14.4 Å². The van der Waals surface area contributed by atoms with Gasteiger partial charge < -0.3 is 4.90 Å². The first-order chi connectivity index (χ1) is 11.0. The van der Waals surface area contributed by atoms with E-state index in [1.165, 1.54) is 23.6 Å². The Balaban J connectivity index is 1.81. The van der Waals surface area contributed by atoms with E-state index in [2.05, 4.69) is 10.2 Å². The van der Waals surface area contributed by atoms with Crippen LogP contribution >= 0.6 is 0 Å². The van der Waals surface area contributed by atoms with Gasteiger partial charge >= 0.3 is 6.03 Å².